The average molecular weight is 447 g/mol. The number of fused-ring (bicyclic) bond motifs is 1. The molecule has 0 atom stereocenters. The Labute approximate surface area is 192 Å². The van der Waals surface area contributed by atoms with E-state index < -0.39 is 5.97 Å². The lowest BCUT2D eigenvalue weighted by Gasteiger charge is -2.22. The molecule has 7 nitrogen and oxygen atoms in total. The highest BCUT2D eigenvalue weighted by Gasteiger charge is 2.17. The van der Waals surface area contributed by atoms with Crippen LogP contribution in [0.1, 0.15) is 29.3 Å². The SMILES string of the molecule is CCCN(Cc1ccc(OCC(=O)O)cc1)C(=O)c1ccc(-c2ccc3c(c2)OCO3)cc1. The second-order valence-electron chi connectivity index (χ2n) is 7.70. The largest absolute Gasteiger partial charge is 0.482 e. The molecular weight excluding hydrogens is 422 g/mol. The highest BCUT2D eigenvalue weighted by molar-refractivity contribution is 5.94. The van der Waals surface area contributed by atoms with Crippen molar-refractivity contribution in [1.29, 1.82) is 0 Å². The van der Waals surface area contributed by atoms with Gasteiger partial charge in [-0.2, -0.15) is 0 Å². The number of hydrogen-bond donors (Lipinski definition) is 1. The molecule has 3 aromatic carbocycles. The molecule has 4 rings (SSSR count). The van der Waals surface area contributed by atoms with E-state index in [1.807, 2.05) is 66.4 Å². The Kier molecular flexibility index (Phi) is 6.78. The molecule has 1 aliphatic rings. The lowest BCUT2D eigenvalue weighted by atomic mass is 10.0. The molecular formula is C26H25NO6. The summed E-state index contributed by atoms with van der Waals surface area (Å²) in [6.07, 6.45) is 0.834. The van der Waals surface area contributed by atoms with E-state index in [0.29, 0.717) is 24.4 Å². The highest BCUT2D eigenvalue weighted by Crippen LogP contribution is 2.36. The van der Waals surface area contributed by atoms with Crippen molar-refractivity contribution >= 4 is 11.9 Å². The Bertz CT molecular complexity index is 1120. The molecule has 1 N–H and O–H groups in total. The molecule has 1 heterocycles. The molecule has 0 bridgehead atoms. The summed E-state index contributed by atoms with van der Waals surface area (Å²) >= 11 is 0. The van der Waals surface area contributed by atoms with Crippen molar-refractivity contribution in [3.8, 4) is 28.4 Å². The normalized spacial score (nSPS) is 11.8. The third-order valence-electron chi connectivity index (χ3n) is 5.28. The standard InChI is InChI=1S/C26H25NO6/c1-2-13-27(15-18-3-10-22(11-4-18)31-16-25(28)29)26(30)20-7-5-19(6-8-20)21-9-12-23-24(14-21)33-17-32-23/h3-12,14H,2,13,15-17H2,1H3,(H,28,29). The lowest BCUT2D eigenvalue weighted by Crippen LogP contribution is -2.31. The number of carbonyl (C=O) groups excluding carboxylic acids is 1. The van der Waals surface area contributed by atoms with Gasteiger partial charge in [-0.15, -0.1) is 0 Å². The van der Waals surface area contributed by atoms with Gasteiger partial charge in [0.25, 0.3) is 5.91 Å². The minimum absolute atomic E-state index is 0.0414. The summed E-state index contributed by atoms with van der Waals surface area (Å²) in [4.78, 5) is 25.6. The number of ether oxygens (including phenoxy) is 3. The Morgan fingerprint density at radius 2 is 1.64 bits per heavy atom. The summed E-state index contributed by atoms with van der Waals surface area (Å²) in [6.45, 7) is 2.96. The van der Waals surface area contributed by atoms with Crippen LogP contribution < -0.4 is 14.2 Å². The summed E-state index contributed by atoms with van der Waals surface area (Å²) in [5.74, 6) is 0.876. The van der Waals surface area contributed by atoms with Gasteiger partial charge in [0.1, 0.15) is 5.75 Å². The molecule has 33 heavy (non-hydrogen) atoms. The van der Waals surface area contributed by atoms with Crippen LogP contribution in [0.25, 0.3) is 11.1 Å². The van der Waals surface area contributed by atoms with Crippen molar-refractivity contribution in [3.05, 3.63) is 77.9 Å². The van der Waals surface area contributed by atoms with Crippen LogP contribution in [-0.4, -0.2) is 41.8 Å². The van der Waals surface area contributed by atoms with Crippen molar-refractivity contribution in [2.75, 3.05) is 19.9 Å². The maximum absolute atomic E-state index is 13.2. The molecule has 0 aromatic heterocycles. The number of hydrogen-bond acceptors (Lipinski definition) is 5. The van der Waals surface area contributed by atoms with Gasteiger partial charge >= 0.3 is 5.97 Å². The number of carboxylic acid groups (broad SMARTS) is 1. The van der Waals surface area contributed by atoms with Crippen molar-refractivity contribution in [3.63, 3.8) is 0 Å². The Morgan fingerprint density at radius 3 is 2.33 bits per heavy atom. The van der Waals surface area contributed by atoms with E-state index in [2.05, 4.69) is 0 Å². The van der Waals surface area contributed by atoms with E-state index in [4.69, 9.17) is 19.3 Å². The number of aliphatic carboxylic acids is 1. The van der Waals surface area contributed by atoms with Crippen molar-refractivity contribution in [1.82, 2.24) is 4.90 Å². The molecule has 0 aliphatic carbocycles. The molecule has 0 spiro atoms. The number of nitrogens with zero attached hydrogens (tertiary/aromatic N) is 1. The van der Waals surface area contributed by atoms with Gasteiger partial charge in [-0.25, -0.2) is 4.79 Å². The summed E-state index contributed by atoms with van der Waals surface area (Å²) in [6, 6.07) is 20.5. The minimum Gasteiger partial charge on any atom is -0.482 e. The van der Waals surface area contributed by atoms with Crippen molar-refractivity contribution in [2.45, 2.75) is 19.9 Å². The van der Waals surface area contributed by atoms with Crippen LogP contribution in [0.15, 0.2) is 66.7 Å². The van der Waals surface area contributed by atoms with Crippen LogP contribution in [0.4, 0.5) is 0 Å². The fraction of sp³-hybridized carbons (Fsp3) is 0.231. The predicted molar refractivity (Wildman–Crippen MR) is 123 cm³/mol. The summed E-state index contributed by atoms with van der Waals surface area (Å²) in [5, 5.41) is 8.72. The molecule has 7 heteroatoms. The fourth-order valence-corrected chi connectivity index (χ4v) is 3.64. The lowest BCUT2D eigenvalue weighted by molar-refractivity contribution is -0.139. The smallest absolute Gasteiger partial charge is 0.341 e. The zero-order chi connectivity index (χ0) is 23.2. The van der Waals surface area contributed by atoms with E-state index >= 15 is 0 Å². The first-order valence-corrected chi connectivity index (χ1v) is 10.8. The third kappa shape index (κ3) is 5.44. The molecule has 0 fully saturated rings. The van der Waals surface area contributed by atoms with E-state index in [-0.39, 0.29) is 19.3 Å². The van der Waals surface area contributed by atoms with Gasteiger partial charge in [0.05, 0.1) is 0 Å². The van der Waals surface area contributed by atoms with Gasteiger partial charge in [-0.3, -0.25) is 4.79 Å². The van der Waals surface area contributed by atoms with E-state index in [1.165, 1.54) is 0 Å². The molecule has 3 aromatic rings. The quantitative estimate of drug-likeness (QED) is 0.516. The van der Waals surface area contributed by atoms with E-state index in [0.717, 1.165) is 34.6 Å². The first-order valence-electron chi connectivity index (χ1n) is 10.8. The molecule has 170 valence electrons. The molecule has 0 unspecified atom stereocenters. The van der Waals surface area contributed by atoms with Crippen LogP contribution in [0.3, 0.4) is 0 Å². The summed E-state index contributed by atoms with van der Waals surface area (Å²) in [7, 11) is 0. The topological polar surface area (TPSA) is 85.3 Å². The first-order chi connectivity index (χ1) is 16.0. The Balaban J connectivity index is 1.44. The average Bonchev–Trinajstić information content (AvgIpc) is 3.31. The maximum atomic E-state index is 13.2. The molecule has 0 saturated carbocycles. The van der Waals surface area contributed by atoms with Gasteiger partial charge in [-0.1, -0.05) is 37.3 Å². The first kappa shape index (κ1) is 22.2. The fourth-order valence-electron chi connectivity index (χ4n) is 3.64. The predicted octanol–water partition coefficient (Wildman–Crippen LogP) is 4.60. The van der Waals surface area contributed by atoms with Gasteiger partial charge in [0.2, 0.25) is 6.79 Å². The van der Waals surface area contributed by atoms with Gasteiger partial charge in [0, 0.05) is 18.7 Å². The van der Waals surface area contributed by atoms with Crippen LogP contribution in [0.2, 0.25) is 0 Å². The van der Waals surface area contributed by atoms with Gasteiger partial charge in [0.15, 0.2) is 18.1 Å². The van der Waals surface area contributed by atoms with Gasteiger partial charge < -0.3 is 24.2 Å². The number of carboxylic acids is 1. The number of benzene rings is 3. The van der Waals surface area contributed by atoms with E-state index in [1.54, 1.807) is 12.1 Å². The molecule has 1 aliphatic heterocycles. The Morgan fingerprint density at radius 1 is 0.939 bits per heavy atom. The minimum atomic E-state index is -1.02. The number of amides is 1. The highest BCUT2D eigenvalue weighted by atomic mass is 16.7. The zero-order valence-electron chi connectivity index (χ0n) is 18.3. The second kappa shape index (κ2) is 10.1. The van der Waals surface area contributed by atoms with Crippen LogP contribution >= 0.6 is 0 Å². The maximum Gasteiger partial charge on any atom is 0.341 e. The summed E-state index contributed by atoms with van der Waals surface area (Å²) < 4.78 is 16.0. The second-order valence-corrected chi connectivity index (χ2v) is 7.70. The van der Waals surface area contributed by atoms with Crippen LogP contribution in [0, 0.1) is 0 Å². The number of carbonyl (C=O) groups is 2. The van der Waals surface area contributed by atoms with Crippen LogP contribution in [0.5, 0.6) is 17.2 Å². The van der Waals surface area contributed by atoms with Crippen LogP contribution in [-0.2, 0) is 11.3 Å². The van der Waals surface area contributed by atoms with Crippen molar-refractivity contribution < 1.29 is 28.9 Å². The molecule has 1 amide bonds. The zero-order valence-corrected chi connectivity index (χ0v) is 18.3. The third-order valence-corrected chi connectivity index (χ3v) is 5.28. The Hall–Kier alpha value is -4.00. The van der Waals surface area contributed by atoms with E-state index in [9.17, 15) is 9.59 Å². The monoisotopic (exact) mass is 447 g/mol. The molecule has 0 saturated heterocycles. The van der Waals surface area contributed by atoms with Crippen molar-refractivity contribution in [2.24, 2.45) is 0 Å². The molecule has 0 radical (unpaired) electrons. The van der Waals surface area contributed by atoms with Gasteiger partial charge in [-0.05, 0) is 59.5 Å². The summed E-state index contributed by atoms with van der Waals surface area (Å²) in [5.41, 5.74) is 3.54. The number of rotatable bonds is 9.